The van der Waals surface area contributed by atoms with Crippen molar-refractivity contribution in [3.05, 3.63) is 44.7 Å². The molecule has 1 unspecified atom stereocenters. The van der Waals surface area contributed by atoms with E-state index < -0.39 is 0 Å². The predicted octanol–water partition coefficient (Wildman–Crippen LogP) is 5.02. The van der Waals surface area contributed by atoms with Crippen molar-refractivity contribution in [2.24, 2.45) is 5.92 Å². The van der Waals surface area contributed by atoms with Crippen molar-refractivity contribution in [1.82, 2.24) is 4.98 Å². The van der Waals surface area contributed by atoms with Gasteiger partial charge in [-0.15, -0.1) is 11.3 Å². The van der Waals surface area contributed by atoms with E-state index in [9.17, 15) is 0 Å². The van der Waals surface area contributed by atoms with Crippen LogP contribution in [0.4, 0.5) is 5.82 Å². The third-order valence-corrected chi connectivity index (χ3v) is 4.24. The van der Waals surface area contributed by atoms with Gasteiger partial charge in [-0.25, -0.2) is 4.98 Å². The van der Waals surface area contributed by atoms with Crippen LogP contribution in [0.15, 0.2) is 34.2 Å². The first-order chi connectivity index (χ1) is 8.58. The highest BCUT2D eigenvalue weighted by Gasteiger charge is 2.17. The molecule has 1 N–H and O–H groups in total. The molecule has 0 spiro atoms. The van der Waals surface area contributed by atoms with Gasteiger partial charge in [-0.2, -0.15) is 0 Å². The van der Waals surface area contributed by atoms with E-state index in [1.807, 2.05) is 6.20 Å². The molecule has 0 amide bonds. The summed E-state index contributed by atoms with van der Waals surface area (Å²) >= 11 is 5.23. The molecule has 2 rings (SSSR count). The van der Waals surface area contributed by atoms with Crippen LogP contribution in [0.25, 0.3) is 0 Å². The highest BCUT2D eigenvalue weighted by atomic mass is 79.9. The highest BCUT2D eigenvalue weighted by molar-refractivity contribution is 9.10. The van der Waals surface area contributed by atoms with Crippen LogP contribution in [-0.2, 0) is 0 Å². The average molecular weight is 325 g/mol. The summed E-state index contributed by atoms with van der Waals surface area (Å²) in [5, 5.41) is 5.67. The fourth-order valence-electron chi connectivity index (χ4n) is 1.87. The van der Waals surface area contributed by atoms with E-state index >= 15 is 0 Å². The van der Waals surface area contributed by atoms with Crippen molar-refractivity contribution in [2.75, 3.05) is 5.32 Å². The number of pyridine rings is 1. The van der Waals surface area contributed by atoms with Crippen molar-refractivity contribution in [1.29, 1.82) is 0 Å². The standard InChI is InChI=1S/C14H17BrN2S/c1-9(2)13(12-5-4-6-18-12)17-14-10(3)7-11(15)8-16-14/h4-9,13H,1-3H3,(H,16,17). The highest BCUT2D eigenvalue weighted by Crippen LogP contribution is 2.30. The molecule has 0 bridgehead atoms. The number of thiophene rings is 1. The van der Waals surface area contributed by atoms with Crippen molar-refractivity contribution in [2.45, 2.75) is 26.8 Å². The molecule has 2 aromatic rings. The molecule has 2 aromatic heterocycles. The summed E-state index contributed by atoms with van der Waals surface area (Å²) < 4.78 is 1.02. The molecule has 0 aliphatic carbocycles. The Kier molecular flexibility index (Phi) is 4.40. The third kappa shape index (κ3) is 3.12. The third-order valence-electron chi connectivity index (χ3n) is 2.85. The molecule has 0 aliphatic rings. The maximum absolute atomic E-state index is 4.46. The van der Waals surface area contributed by atoms with Gasteiger partial charge in [0, 0.05) is 15.5 Å². The minimum Gasteiger partial charge on any atom is -0.362 e. The first kappa shape index (κ1) is 13.6. The van der Waals surface area contributed by atoms with Gasteiger partial charge in [0.05, 0.1) is 6.04 Å². The SMILES string of the molecule is Cc1cc(Br)cnc1NC(c1cccs1)C(C)C. The summed E-state index contributed by atoms with van der Waals surface area (Å²) in [6.07, 6.45) is 1.83. The average Bonchev–Trinajstić information content (AvgIpc) is 2.80. The number of aryl methyl sites for hydroxylation is 1. The molecule has 0 radical (unpaired) electrons. The van der Waals surface area contributed by atoms with Gasteiger partial charge in [0.25, 0.3) is 0 Å². The monoisotopic (exact) mass is 324 g/mol. The number of halogens is 1. The predicted molar refractivity (Wildman–Crippen MR) is 82.2 cm³/mol. The fourth-order valence-corrected chi connectivity index (χ4v) is 3.27. The van der Waals surface area contributed by atoms with Crippen molar-refractivity contribution in [3.8, 4) is 0 Å². The van der Waals surface area contributed by atoms with Gasteiger partial charge < -0.3 is 5.32 Å². The van der Waals surface area contributed by atoms with Crippen LogP contribution < -0.4 is 5.32 Å². The largest absolute Gasteiger partial charge is 0.362 e. The van der Waals surface area contributed by atoms with Crippen LogP contribution in [0.1, 0.15) is 30.3 Å². The van der Waals surface area contributed by atoms with Crippen LogP contribution in [0, 0.1) is 12.8 Å². The second-order valence-corrected chi connectivity index (χ2v) is 6.60. The zero-order valence-electron chi connectivity index (χ0n) is 10.8. The zero-order valence-corrected chi connectivity index (χ0v) is 13.2. The van der Waals surface area contributed by atoms with Gasteiger partial charge in [0.2, 0.25) is 0 Å². The lowest BCUT2D eigenvalue weighted by atomic mass is 10.0. The van der Waals surface area contributed by atoms with Gasteiger partial charge in [-0.3, -0.25) is 0 Å². The Morgan fingerprint density at radius 3 is 2.72 bits per heavy atom. The molecular weight excluding hydrogens is 308 g/mol. The lowest BCUT2D eigenvalue weighted by molar-refractivity contribution is 0.551. The molecule has 1 atom stereocenters. The van der Waals surface area contributed by atoms with Gasteiger partial charge >= 0.3 is 0 Å². The summed E-state index contributed by atoms with van der Waals surface area (Å²) in [6.45, 7) is 6.53. The van der Waals surface area contributed by atoms with Crippen molar-refractivity contribution >= 4 is 33.1 Å². The maximum Gasteiger partial charge on any atom is 0.129 e. The van der Waals surface area contributed by atoms with Gasteiger partial charge in [-0.05, 0) is 51.8 Å². The topological polar surface area (TPSA) is 24.9 Å². The summed E-state index contributed by atoms with van der Waals surface area (Å²) in [5.41, 5.74) is 1.16. The molecule has 4 heteroatoms. The maximum atomic E-state index is 4.46. The van der Waals surface area contributed by atoms with Crippen LogP contribution in [0.5, 0.6) is 0 Å². The van der Waals surface area contributed by atoms with Gasteiger partial charge in [-0.1, -0.05) is 19.9 Å². The number of aromatic nitrogens is 1. The van der Waals surface area contributed by atoms with E-state index in [0.717, 1.165) is 15.9 Å². The summed E-state index contributed by atoms with van der Waals surface area (Å²) in [5.74, 6) is 1.48. The first-order valence-corrected chi connectivity index (χ1v) is 7.67. The molecule has 2 nitrogen and oxygen atoms in total. The molecular formula is C14H17BrN2S. The Morgan fingerprint density at radius 2 is 2.17 bits per heavy atom. The number of anilines is 1. The van der Waals surface area contributed by atoms with E-state index in [4.69, 9.17) is 0 Å². The minimum absolute atomic E-state index is 0.317. The number of nitrogens with zero attached hydrogens (tertiary/aromatic N) is 1. The molecule has 0 aliphatic heterocycles. The Labute approximate surface area is 121 Å². The second kappa shape index (κ2) is 5.85. The van der Waals surface area contributed by atoms with Crippen molar-refractivity contribution in [3.63, 3.8) is 0 Å². The van der Waals surface area contributed by atoms with E-state index in [-0.39, 0.29) is 0 Å². The molecule has 0 fully saturated rings. The van der Waals surface area contributed by atoms with E-state index in [1.54, 1.807) is 11.3 Å². The number of hydrogen-bond acceptors (Lipinski definition) is 3. The smallest absolute Gasteiger partial charge is 0.129 e. The van der Waals surface area contributed by atoms with Crippen LogP contribution in [-0.4, -0.2) is 4.98 Å². The normalized spacial score (nSPS) is 12.7. The summed E-state index contributed by atoms with van der Waals surface area (Å²) in [4.78, 5) is 5.81. The first-order valence-electron chi connectivity index (χ1n) is 6.00. The molecule has 0 aromatic carbocycles. The Hall–Kier alpha value is -0.870. The van der Waals surface area contributed by atoms with Crippen LogP contribution >= 0.6 is 27.3 Å². The van der Waals surface area contributed by atoms with Crippen LogP contribution in [0.2, 0.25) is 0 Å². The molecule has 96 valence electrons. The summed E-state index contributed by atoms with van der Waals surface area (Å²) in [6, 6.07) is 6.67. The molecule has 18 heavy (non-hydrogen) atoms. The van der Waals surface area contributed by atoms with E-state index in [1.165, 1.54) is 4.88 Å². The number of rotatable bonds is 4. The van der Waals surface area contributed by atoms with E-state index in [2.05, 4.69) is 70.6 Å². The molecule has 2 heterocycles. The molecule has 0 saturated heterocycles. The lowest BCUT2D eigenvalue weighted by Crippen LogP contribution is -2.17. The molecule has 0 saturated carbocycles. The van der Waals surface area contributed by atoms with E-state index in [0.29, 0.717) is 12.0 Å². The Bertz CT molecular complexity index is 509. The van der Waals surface area contributed by atoms with Gasteiger partial charge in [0.1, 0.15) is 5.82 Å². The Balaban J connectivity index is 2.24. The minimum atomic E-state index is 0.317. The fraction of sp³-hybridized carbons (Fsp3) is 0.357. The lowest BCUT2D eigenvalue weighted by Gasteiger charge is -2.22. The Morgan fingerprint density at radius 1 is 1.39 bits per heavy atom. The second-order valence-electron chi connectivity index (χ2n) is 4.70. The zero-order chi connectivity index (χ0) is 13.1. The number of hydrogen-bond donors (Lipinski definition) is 1. The van der Waals surface area contributed by atoms with Crippen LogP contribution in [0.3, 0.4) is 0 Å². The van der Waals surface area contributed by atoms with Crippen molar-refractivity contribution < 1.29 is 0 Å². The summed E-state index contributed by atoms with van der Waals surface area (Å²) in [7, 11) is 0. The quantitative estimate of drug-likeness (QED) is 0.853. The van der Waals surface area contributed by atoms with Gasteiger partial charge in [0.15, 0.2) is 0 Å². The number of nitrogens with one attached hydrogen (secondary N) is 1.